The van der Waals surface area contributed by atoms with Crippen LogP contribution in [0.4, 0.5) is 9.52 Å². The molecule has 0 bridgehead atoms. The summed E-state index contributed by atoms with van der Waals surface area (Å²) in [5.41, 5.74) is -0.564. The highest BCUT2D eigenvalue weighted by Gasteiger charge is 2.30. The molecule has 154 valence electrons. The van der Waals surface area contributed by atoms with Crippen molar-refractivity contribution in [3.8, 4) is 5.75 Å². The van der Waals surface area contributed by atoms with E-state index in [0.29, 0.717) is 21.0 Å². The minimum atomic E-state index is -0.862. The number of nitrogens with one attached hydrogen (secondary N) is 1. The van der Waals surface area contributed by atoms with Crippen LogP contribution >= 0.6 is 23.1 Å². The number of carbonyl (C=O) groups excluding carboxylic acids is 2. The SMILES string of the molecule is O=C(Oc1coc(CSc2nnc(NC(=O)C3CC3)s2)cc1=O)c1cccc(F)c1. The number of rotatable bonds is 7. The topological polar surface area (TPSA) is 111 Å². The zero-order valence-electron chi connectivity index (χ0n) is 15.3. The Hall–Kier alpha value is -3.05. The minimum Gasteiger partial charge on any atom is -0.464 e. The second kappa shape index (κ2) is 8.76. The van der Waals surface area contributed by atoms with Gasteiger partial charge in [-0.05, 0) is 31.0 Å². The second-order valence-electron chi connectivity index (χ2n) is 6.40. The lowest BCUT2D eigenvalue weighted by molar-refractivity contribution is -0.117. The summed E-state index contributed by atoms with van der Waals surface area (Å²) >= 11 is 2.51. The maximum absolute atomic E-state index is 13.2. The van der Waals surface area contributed by atoms with Gasteiger partial charge in [-0.3, -0.25) is 9.59 Å². The molecule has 1 saturated carbocycles. The Balaban J connectivity index is 1.34. The molecule has 2 aromatic heterocycles. The molecule has 1 N–H and O–H groups in total. The molecular formula is C19H14FN3O5S2. The largest absolute Gasteiger partial charge is 0.464 e. The number of halogens is 1. The van der Waals surface area contributed by atoms with Gasteiger partial charge in [0.1, 0.15) is 17.8 Å². The Kier molecular flexibility index (Phi) is 5.91. The van der Waals surface area contributed by atoms with Crippen molar-refractivity contribution in [3.63, 3.8) is 0 Å². The van der Waals surface area contributed by atoms with Crippen molar-refractivity contribution in [1.29, 1.82) is 0 Å². The van der Waals surface area contributed by atoms with Crippen molar-refractivity contribution < 1.29 is 23.1 Å². The van der Waals surface area contributed by atoms with Gasteiger partial charge < -0.3 is 14.5 Å². The molecule has 0 radical (unpaired) electrons. The summed E-state index contributed by atoms with van der Waals surface area (Å²) in [5, 5.41) is 11.0. The number of hydrogen-bond acceptors (Lipinski definition) is 9. The van der Waals surface area contributed by atoms with E-state index in [1.807, 2.05) is 0 Å². The zero-order chi connectivity index (χ0) is 21.1. The quantitative estimate of drug-likeness (QED) is 0.333. The molecule has 11 heteroatoms. The number of esters is 1. The molecule has 1 aromatic carbocycles. The van der Waals surface area contributed by atoms with Gasteiger partial charge in [0.2, 0.25) is 22.2 Å². The highest BCUT2D eigenvalue weighted by atomic mass is 32.2. The third-order valence-electron chi connectivity index (χ3n) is 4.04. The van der Waals surface area contributed by atoms with E-state index in [0.717, 1.165) is 25.2 Å². The summed E-state index contributed by atoms with van der Waals surface area (Å²) < 4.78 is 24.1. The van der Waals surface area contributed by atoms with Gasteiger partial charge in [-0.1, -0.05) is 29.2 Å². The van der Waals surface area contributed by atoms with Gasteiger partial charge in [0.25, 0.3) is 0 Å². The molecular weight excluding hydrogens is 433 g/mol. The van der Waals surface area contributed by atoms with Gasteiger partial charge in [-0.25, -0.2) is 9.18 Å². The van der Waals surface area contributed by atoms with Gasteiger partial charge in [0, 0.05) is 12.0 Å². The minimum absolute atomic E-state index is 0.0186. The number of anilines is 1. The van der Waals surface area contributed by atoms with Crippen LogP contribution in [0.1, 0.15) is 29.0 Å². The normalized spacial score (nSPS) is 13.1. The van der Waals surface area contributed by atoms with E-state index in [1.165, 1.54) is 47.4 Å². The Morgan fingerprint density at radius 2 is 2.13 bits per heavy atom. The Morgan fingerprint density at radius 1 is 1.30 bits per heavy atom. The van der Waals surface area contributed by atoms with Crippen LogP contribution in [-0.4, -0.2) is 22.1 Å². The lowest BCUT2D eigenvalue weighted by Crippen LogP contribution is -2.14. The number of aromatic nitrogens is 2. The van der Waals surface area contributed by atoms with Crippen LogP contribution in [-0.2, 0) is 10.5 Å². The highest BCUT2D eigenvalue weighted by molar-refractivity contribution is 8.00. The number of carbonyl (C=O) groups is 2. The van der Waals surface area contributed by atoms with Crippen molar-refractivity contribution in [3.05, 3.63) is 64.0 Å². The maximum atomic E-state index is 13.2. The molecule has 1 amide bonds. The molecule has 0 saturated heterocycles. The Bertz CT molecular complexity index is 1160. The van der Waals surface area contributed by atoms with Crippen molar-refractivity contribution in [2.45, 2.75) is 22.9 Å². The molecule has 4 rings (SSSR count). The predicted octanol–water partition coefficient (Wildman–Crippen LogP) is 3.49. The fourth-order valence-corrected chi connectivity index (χ4v) is 4.01. The summed E-state index contributed by atoms with van der Waals surface area (Å²) in [7, 11) is 0. The van der Waals surface area contributed by atoms with Crippen molar-refractivity contribution >= 4 is 40.1 Å². The highest BCUT2D eigenvalue weighted by Crippen LogP contribution is 2.32. The number of benzene rings is 1. The first-order chi connectivity index (χ1) is 14.5. The molecule has 8 nitrogen and oxygen atoms in total. The number of thioether (sulfide) groups is 1. The van der Waals surface area contributed by atoms with Crippen LogP contribution < -0.4 is 15.5 Å². The number of nitrogens with zero attached hydrogens (tertiary/aromatic N) is 2. The van der Waals surface area contributed by atoms with Crippen LogP contribution in [0, 0.1) is 11.7 Å². The van der Waals surface area contributed by atoms with Crippen LogP contribution in [0.3, 0.4) is 0 Å². The first-order valence-electron chi connectivity index (χ1n) is 8.84. The van der Waals surface area contributed by atoms with Crippen LogP contribution in [0.25, 0.3) is 0 Å². The third kappa shape index (κ3) is 5.10. The lowest BCUT2D eigenvalue weighted by atomic mass is 10.2. The summed E-state index contributed by atoms with van der Waals surface area (Å²) in [6.07, 6.45) is 2.84. The first-order valence-corrected chi connectivity index (χ1v) is 10.6. The van der Waals surface area contributed by atoms with Crippen LogP contribution in [0.5, 0.6) is 5.75 Å². The molecule has 3 aromatic rings. The maximum Gasteiger partial charge on any atom is 0.343 e. The van der Waals surface area contributed by atoms with Gasteiger partial charge in [0.05, 0.1) is 11.3 Å². The lowest BCUT2D eigenvalue weighted by Gasteiger charge is -2.04. The van der Waals surface area contributed by atoms with Crippen molar-refractivity contribution in [2.24, 2.45) is 5.92 Å². The summed E-state index contributed by atoms with van der Waals surface area (Å²) in [4.78, 5) is 35.9. The predicted molar refractivity (Wildman–Crippen MR) is 107 cm³/mol. The van der Waals surface area contributed by atoms with Gasteiger partial charge >= 0.3 is 5.97 Å². The number of amides is 1. The third-order valence-corrected chi connectivity index (χ3v) is 6.03. The second-order valence-corrected chi connectivity index (χ2v) is 8.60. The van der Waals surface area contributed by atoms with Crippen molar-refractivity contribution in [2.75, 3.05) is 5.32 Å². The standard InChI is InChI=1S/C19H14FN3O5S2/c20-12-3-1-2-11(6-12)17(26)28-15-8-27-13(7-14(15)24)9-29-19-23-22-18(30-19)21-16(25)10-4-5-10/h1-3,6-8,10H,4-5,9H2,(H,21,22,25). The fraction of sp³-hybridized carbons (Fsp3) is 0.211. The summed E-state index contributed by atoms with van der Waals surface area (Å²) in [6, 6.07) is 6.16. The number of ether oxygens (including phenoxy) is 1. The van der Waals surface area contributed by atoms with Crippen LogP contribution in [0.2, 0.25) is 0 Å². The van der Waals surface area contributed by atoms with E-state index in [1.54, 1.807) is 0 Å². The van der Waals surface area contributed by atoms with E-state index < -0.39 is 17.2 Å². The van der Waals surface area contributed by atoms with Gasteiger partial charge in [-0.2, -0.15) is 0 Å². The van der Waals surface area contributed by atoms with E-state index in [9.17, 15) is 18.8 Å². The van der Waals surface area contributed by atoms with E-state index in [-0.39, 0.29) is 23.1 Å². The molecule has 0 atom stereocenters. The van der Waals surface area contributed by atoms with Gasteiger partial charge in [-0.15, -0.1) is 10.2 Å². The summed E-state index contributed by atoms with van der Waals surface area (Å²) in [6.45, 7) is 0. The van der Waals surface area contributed by atoms with E-state index in [4.69, 9.17) is 9.15 Å². The molecule has 2 heterocycles. The van der Waals surface area contributed by atoms with Crippen LogP contribution in [0.15, 0.2) is 50.1 Å². The number of hydrogen-bond donors (Lipinski definition) is 1. The molecule has 1 aliphatic carbocycles. The summed E-state index contributed by atoms with van der Waals surface area (Å²) in [5.74, 6) is -1.08. The van der Waals surface area contributed by atoms with E-state index in [2.05, 4.69) is 15.5 Å². The average Bonchev–Trinajstić information content (AvgIpc) is 3.49. The molecule has 1 fully saturated rings. The molecule has 0 unspecified atom stereocenters. The molecule has 1 aliphatic rings. The molecule has 0 spiro atoms. The molecule has 30 heavy (non-hydrogen) atoms. The zero-order valence-corrected chi connectivity index (χ0v) is 16.9. The van der Waals surface area contributed by atoms with E-state index >= 15 is 0 Å². The first kappa shape index (κ1) is 20.2. The van der Waals surface area contributed by atoms with Gasteiger partial charge in [0.15, 0.2) is 4.34 Å². The fourth-order valence-electron chi connectivity index (χ4n) is 2.37. The Labute approximate surface area is 177 Å². The molecule has 0 aliphatic heterocycles. The average molecular weight is 447 g/mol. The van der Waals surface area contributed by atoms with Crippen molar-refractivity contribution in [1.82, 2.24) is 10.2 Å². The Morgan fingerprint density at radius 3 is 2.87 bits per heavy atom. The smallest absolute Gasteiger partial charge is 0.343 e. The monoisotopic (exact) mass is 447 g/mol.